The molecule has 1 aliphatic carbocycles. The highest BCUT2D eigenvalue weighted by Crippen LogP contribution is 2.44. The minimum Gasteiger partial charge on any atom is -0.401 e. The Kier molecular flexibility index (Phi) is 24.8. The standard InChI is InChI=1S/C49H67FN4.C16H31N3.C7H13N/c1-8-11-13-14-15-16-19-37-27-38(33-50)29-40(28-37)39-21-22-46-43(30-39)45(32-49(6,7)23-12-9-2)48(54(46)10-3)44-31-42(34-51-47(44)36(4)5)53-26-25-52-24-18-17-20-41(52)35-53;1-4-18(3)11-14-9-10-19(12-14)16(13(2)17)15-7-5-6-8-15;1-3-5-7-6(4-2)8-7/h8-9,21-22,27-31,34,36,41H,1-2,10-20,23-26,32-33,35H2,3-7H3;14-16H,2,4-12,17H2,1,3H3;4,6-8H,2-3,5H2,1H3. The van der Waals surface area contributed by atoms with Crippen LogP contribution < -0.4 is 16.0 Å². The monoisotopic (exact) mass is 1110 g/mol. The van der Waals surface area contributed by atoms with Crippen LogP contribution in [0.4, 0.5) is 10.1 Å². The number of unbranched alkanes of at least 4 members (excludes halogenated alkanes) is 4. The molecular weight excluding hydrogens is 996 g/mol. The number of piperidine rings is 1. The van der Waals surface area contributed by atoms with E-state index in [1.165, 1.54) is 154 Å². The quantitative estimate of drug-likeness (QED) is 0.0350. The normalized spacial score (nSPS) is 20.9. The molecule has 2 aromatic carbocycles. The van der Waals surface area contributed by atoms with Crippen molar-refractivity contribution in [3.05, 3.63) is 121 Å². The van der Waals surface area contributed by atoms with Crippen LogP contribution in [0.5, 0.6) is 0 Å². The second-order valence-corrected chi connectivity index (χ2v) is 26.2. The van der Waals surface area contributed by atoms with Gasteiger partial charge in [-0.05, 0) is 192 Å². The van der Waals surface area contributed by atoms with Crippen LogP contribution in [-0.2, 0) is 26.1 Å². The minimum absolute atomic E-state index is 0.0686. The first-order valence-electron chi connectivity index (χ1n) is 32.5. The largest absolute Gasteiger partial charge is 0.401 e. The van der Waals surface area contributed by atoms with Crippen LogP contribution in [-0.4, -0.2) is 108 Å². The Morgan fingerprint density at radius 1 is 0.864 bits per heavy atom. The Hall–Kier alpha value is -4.54. The van der Waals surface area contributed by atoms with Gasteiger partial charge >= 0.3 is 0 Å². The number of nitrogens with two attached hydrogens (primary N) is 1. The lowest BCUT2D eigenvalue weighted by atomic mass is 9.80. The third-order valence-electron chi connectivity index (χ3n) is 18.9. The first kappa shape index (κ1) is 64.0. The van der Waals surface area contributed by atoms with Gasteiger partial charge in [-0.25, -0.2) is 4.39 Å². The van der Waals surface area contributed by atoms with Gasteiger partial charge in [-0.2, -0.15) is 0 Å². The van der Waals surface area contributed by atoms with E-state index in [0.717, 1.165) is 112 Å². The molecule has 6 heterocycles. The fourth-order valence-corrected chi connectivity index (χ4v) is 14.2. The van der Waals surface area contributed by atoms with Gasteiger partial charge in [-0.15, -0.1) is 19.7 Å². The number of halogens is 1. The first-order chi connectivity index (χ1) is 39.1. The van der Waals surface area contributed by atoms with E-state index < -0.39 is 6.67 Å². The zero-order chi connectivity index (χ0) is 58.1. The number of nitrogens with one attached hydrogen (secondary N) is 1. The number of fused-ring (bicyclic) bond motifs is 2. The van der Waals surface area contributed by atoms with Crippen molar-refractivity contribution in [2.75, 3.05) is 64.3 Å². The number of likely N-dealkylation sites (tertiary alicyclic amines) is 1. The van der Waals surface area contributed by atoms with Crippen LogP contribution in [0, 0.1) is 17.3 Å². The molecule has 4 aliphatic heterocycles. The molecule has 1 saturated carbocycles. The maximum Gasteiger partial charge on any atom is 0.115 e. The molecule has 9 rings (SSSR count). The van der Waals surface area contributed by atoms with E-state index >= 15 is 0 Å². The van der Waals surface area contributed by atoms with Gasteiger partial charge in [0.15, 0.2) is 0 Å². The number of aryl methyl sites for hydroxylation is 2. The Bertz CT molecular complexity index is 2620. The molecule has 2 aromatic heterocycles. The van der Waals surface area contributed by atoms with E-state index in [1.807, 2.05) is 12.2 Å². The zero-order valence-electron chi connectivity index (χ0n) is 52.4. The molecule has 4 saturated heterocycles. The molecule has 0 amide bonds. The lowest BCUT2D eigenvalue weighted by molar-refractivity contribution is 0.133. The summed E-state index contributed by atoms with van der Waals surface area (Å²) in [5, 5.41) is 4.61. The van der Waals surface area contributed by atoms with Crippen molar-refractivity contribution in [3.8, 4) is 22.4 Å². The van der Waals surface area contributed by atoms with Crippen molar-refractivity contribution in [2.45, 2.75) is 214 Å². The minimum atomic E-state index is -0.446. The van der Waals surface area contributed by atoms with Crippen molar-refractivity contribution in [2.24, 2.45) is 23.0 Å². The number of rotatable bonds is 27. The molecule has 5 fully saturated rings. The average Bonchev–Trinajstić information content (AvgIpc) is 3.12. The summed E-state index contributed by atoms with van der Waals surface area (Å²) >= 11 is 0. The van der Waals surface area contributed by atoms with E-state index in [-0.39, 0.29) is 11.3 Å². The summed E-state index contributed by atoms with van der Waals surface area (Å²) in [5.41, 5.74) is 19.1. The van der Waals surface area contributed by atoms with Crippen LogP contribution in [0.1, 0.15) is 186 Å². The van der Waals surface area contributed by atoms with Gasteiger partial charge in [0.05, 0.1) is 29.3 Å². The fraction of sp³-hybridized carbons (Fsp3) is 0.625. The summed E-state index contributed by atoms with van der Waals surface area (Å²) in [5.74, 6) is 1.86. The van der Waals surface area contributed by atoms with Crippen molar-refractivity contribution in [3.63, 3.8) is 0 Å². The number of aromatic nitrogens is 2. The van der Waals surface area contributed by atoms with E-state index in [9.17, 15) is 4.39 Å². The van der Waals surface area contributed by atoms with Crippen molar-refractivity contribution < 1.29 is 4.39 Å². The van der Waals surface area contributed by atoms with Gasteiger partial charge in [0.2, 0.25) is 0 Å². The molecule has 0 bridgehead atoms. The molecule has 0 spiro atoms. The molecule has 446 valence electrons. The summed E-state index contributed by atoms with van der Waals surface area (Å²) in [4.78, 5) is 15.6. The smallest absolute Gasteiger partial charge is 0.115 e. The van der Waals surface area contributed by atoms with Crippen LogP contribution in [0.15, 0.2) is 98.9 Å². The molecule has 9 heteroatoms. The van der Waals surface area contributed by atoms with Crippen molar-refractivity contribution >= 4 is 16.6 Å². The summed E-state index contributed by atoms with van der Waals surface area (Å²) in [6.07, 6.45) is 31.3. The van der Waals surface area contributed by atoms with Gasteiger partial charge in [0, 0.05) is 79.6 Å². The molecule has 4 aromatic rings. The summed E-state index contributed by atoms with van der Waals surface area (Å²) in [7, 11) is 2.22. The highest BCUT2D eigenvalue weighted by atomic mass is 19.1. The third kappa shape index (κ3) is 17.5. The lowest BCUT2D eigenvalue weighted by Gasteiger charge is -2.45. The molecule has 5 aliphatic rings. The number of alkyl halides is 1. The molecule has 8 nitrogen and oxygen atoms in total. The second kappa shape index (κ2) is 31.4. The van der Waals surface area contributed by atoms with E-state index in [2.05, 4.69) is 166 Å². The Morgan fingerprint density at radius 3 is 2.30 bits per heavy atom. The molecule has 0 radical (unpaired) electrons. The third-order valence-corrected chi connectivity index (χ3v) is 18.9. The zero-order valence-corrected chi connectivity index (χ0v) is 52.4. The molecule has 5 unspecified atom stereocenters. The Morgan fingerprint density at radius 2 is 1.62 bits per heavy atom. The predicted octanol–water partition coefficient (Wildman–Crippen LogP) is 16.5. The average molecular weight is 1110 g/mol. The fourth-order valence-electron chi connectivity index (χ4n) is 14.2. The van der Waals surface area contributed by atoms with Crippen LogP contribution in [0.2, 0.25) is 0 Å². The lowest BCUT2D eigenvalue weighted by Crippen LogP contribution is -2.54. The topological polar surface area (TPSA) is 78.7 Å². The van der Waals surface area contributed by atoms with Gasteiger partial charge in [0.1, 0.15) is 6.67 Å². The number of pyridine rings is 1. The summed E-state index contributed by atoms with van der Waals surface area (Å²) < 4.78 is 16.9. The van der Waals surface area contributed by atoms with Crippen LogP contribution in [0.25, 0.3) is 33.3 Å². The van der Waals surface area contributed by atoms with Gasteiger partial charge in [0.25, 0.3) is 0 Å². The second-order valence-electron chi connectivity index (χ2n) is 26.2. The number of piperazine rings is 1. The first-order valence-corrected chi connectivity index (χ1v) is 32.5. The summed E-state index contributed by atoms with van der Waals surface area (Å²) in [6.45, 7) is 41.5. The summed E-state index contributed by atoms with van der Waals surface area (Å²) in [6, 6.07) is 18.4. The number of allylic oxidation sites excluding steroid dienone is 2. The molecule has 5 atom stereocenters. The molecular formula is C72H111FN8. The Labute approximate surface area is 493 Å². The van der Waals surface area contributed by atoms with Gasteiger partial charge < -0.3 is 25.4 Å². The van der Waals surface area contributed by atoms with Gasteiger partial charge in [-0.1, -0.05) is 123 Å². The maximum absolute atomic E-state index is 14.3. The molecule has 81 heavy (non-hydrogen) atoms. The van der Waals surface area contributed by atoms with Crippen LogP contribution >= 0.6 is 0 Å². The highest BCUT2D eigenvalue weighted by molar-refractivity contribution is 5.95. The molecule has 3 N–H and O–H groups in total. The predicted molar refractivity (Wildman–Crippen MR) is 348 cm³/mol. The van der Waals surface area contributed by atoms with E-state index in [1.54, 1.807) is 0 Å². The van der Waals surface area contributed by atoms with Gasteiger partial charge in [-0.3, -0.25) is 14.8 Å². The highest BCUT2D eigenvalue weighted by Gasteiger charge is 2.36. The SMILES string of the molecule is C=C(N)C(C1CCCC1)N1CCC(CN(C)CC)C1.C=CC1NC1CCC.C=CCCCCCCc1cc(CF)cc(-c2ccc3c(c2)c(CC(C)(C)CCC=C)c(-c2cc(N4CCN5CCCCC5C4)cnc2C(C)C)n3CC)c1. The number of nitrogens with zero attached hydrogens (tertiary/aromatic N) is 6. The number of hydrogen-bond donors (Lipinski definition) is 2. The van der Waals surface area contributed by atoms with Crippen molar-refractivity contribution in [1.82, 2.24) is 29.6 Å². The number of anilines is 1. The Balaban J connectivity index is 0.000000285. The number of hydrogen-bond acceptors (Lipinski definition) is 7. The van der Waals surface area contributed by atoms with E-state index in [0.29, 0.717) is 18.1 Å². The van der Waals surface area contributed by atoms with Crippen LogP contribution in [0.3, 0.4) is 0 Å². The maximum atomic E-state index is 14.3. The number of benzene rings is 2. The van der Waals surface area contributed by atoms with E-state index in [4.69, 9.17) is 10.7 Å². The van der Waals surface area contributed by atoms with Crippen molar-refractivity contribution in [1.29, 1.82) is 0 Å².